The summed E-state index contributed by atoms with van der Waals surface area (Å²) in [6, 6.07) is 24.3. The van der Waals surface area contributed by atoms with Crippen molar-refractivity contribution in [2.45, 2.75) is 32.5 Å². The normalized spacial score (nSPS) is 14.4. The molecule has 4 aromatic rings. The van der Waals surface area contributed by atoms with Crippen LogP contribution in [0.4, 0.5) is 10.5 Å². The van der Waals surface area contributed by atoms with Crippen molar-refractivity contribution in [1.29, 1.82) is 0 Å². The van der Waals surface area contributed by atoms with E-state index in [4.69, 9.17) is 4.42 Å². The summed E-state index contributed by atoms with van der Waals surface area (Å²) < 4.78 is 7.86. The molecule has 0 spiro atoms. The molecule has 3 amide bonds. The van der Waals surface area contributed by atoms with Gasteiger partial charge in [0, 0.05) is 18.8 Å². The Kier molecular flexibility index (Phi) is 6.14. The van der Waals surface area contributed by atoms with E-state index in [1.54, 1.807) is 16.1 Å². The van der Waals surface area contributed by atoms with Crippen molar-refractivity contribution in [3.05, 3.63) is 108 Å². The third kappa shape index (κ3) is 4.33. The predicted octanol–water partition coefficient (Wildman–Crippen LogP) is 5.13. The molecule has 1 aliphatic rings. The maximum absolute atomic E-state index is 13.9. The number of nitrogens with zero attached hydrogens (tertiary/aromatic N) is 3. The minimum atomic E-state index is -0.441. The molecule has 3 heterocycles. The highest BCUT2D eigenvalue weighted by molar-refractivity contribution is 6.00. The van der Waals surface area contributed by atoms with E-state index in [2.05, 4.69) is 9.88 Å². The molecule has 7 nitrogen and oxygen atoms in total. The fourth-order valence-electron chi connectivity index (χ4n) is 4.56. The minimum absolute atomic E-state index is 0.0649. The standard InChI is InChI=1S/C28H28N4O3/c1-20(2)31(28(34)29-18-21-10-4-3-5-11-21)19-26(33)32-23-13-7-6-12-22(23)30-16-8-14-24(30)27(32)25-15-9-17-35-25/h3-17,20,27H,18-19H2,1-2H3,(H,29,34). The number of amides is 3. The molecule has 0 saturated heterocycles. The molecule has 7 heteroatoms. The van der Waals surface area contributed by atoms with E-state index < -0.39 is 6.04 Å². The molecule has 0 saturated carbocycles. The Hall–Kier alpha value is -4.26. The van der Waals surface area contributed by atoms with E-state index in [0.717, 1.165) is 22.6 Å². The van der Waals surface area contributed by atoms with Gasteiger partial charge >= 0.3 is 6.03 Å². The molecular weight excluding hydrogens is 440 g/mol. The number of hydrogen-bond donors (Lipinski definition) is 1. The fourth-order valence-corrected chi connectivity index (χ4v) is 4.56. The highest BCUT2D eigenvalue weighted by atomic mass is 16.3. The van der Waals surface area contributed by atoms with Crippen LogP contribution in [-0.2, 0) is 11.3 Å². The van der Waals surface area contributed by atoms with Crippen LogP contribution in [-0.4, -0.2) is 34.0 Å². The van der Waals surface area contributed by atoms with E-state index in [1.807, 2.05) is 98.9 Å². The lowest BCUT2D eigenvalue weighted by atomic mass is 10.0. The Morgan fingerprint density at radius 2 is 1.69 bits per heavy atom. The second-order valence-corrected chi connectivity index (χ2v) is 8.84. The first-order chi connectivity index (χ1) is 17.0. The maximum Gasteiger partial charge on any atom is 0.318 e. The molecule has 0 fully saturated rings. The minimum Gasteiger partial charge on any atom is -0.467 e. The molecular formula is C28H28N4O3. The van der Waals surface area contributed by atoms with Gasteiger partial charge in [0.2, 0.25) is 5.91 Å². The number of fused-ring (bicyclic) bond motifs is 3. The van der Waals surface area contributed by atoms with Crippen LogP contribution in [0.2, 0.25) is 0 Å². The van der Waals surface area contributed by atoms with Gasteiger partial charge in [0.1, 0.15) is 18.3 Å². The zero-order chi connectivity index (χ0) is 24.4. The number of para-hydroxylation sites is 2. The molecule has 178 valence electrons. The van der Waals surface area contributed by atoms with E-state index in [0.29, 0.717) is 12.3 Å². The van der Waals surface area contributed by atoms with Crippen molar-refractivity contribution in [1.82, 2.24) is 14.8 Å². The lowest BCUT2D eigenvalue weighted by molar-refractivity contribution is -0.120. The molecule has 35 heavy (non-hydrogen) atoms. The number of hydrogen-bond acceptors (Lipinski definition) is 3. The monoisotopic (exact) mass is 468 g/mol. The van der Waals surface area contributed by atoms with Crippen LogP contribution in [0, 0.1) is 0 Å². The summed E-state index contributed by atoms with van der Waals surface area (Å²) in [4.78, 5) is 30.4. The first kappa shape index (κ1) is 22.5. The Balaban J connectivity index is 1.45. The van der Waals surface area contributed by atoms with Gasteiger partial charge in [-0.15, -0.1) is 0 Å². The Morgan fingerprint density at radius 3 is 2.40 bits per heavy atom. The van der Waals surface area contributed by atoms with Crippen molar-refractivity contribution in [2.24, 2.45) is 0 Å². The fraction of sp³-hybridized carbons (Fsp3) is 0.214. The van der Waals surface area contributed by atoms with Crippen LogP contribution >= 0.6 is 0 Å². The quantitative estimate of drug-likeness (QED) is 0.427. The van der Waals surface area contributed by atoms with E-state index in [-0.39, 0.29) is 24.5 Å². The molecule has 0 aliphatic carbocycles. The molecule has 2 aromatic carbocycles. The summed E-state index contributed by atoms with van der Waals surface area (Å²) in [5.41, 5.74) is 3.61. The number of carbonyl (C=O) groups is 2. The Morgan fingerprint density at radius 1 is 0.943 bits per heavy atom. The van der Waals surface area contributed by atoms with Crippen LogP contribution in [0.3, 0.4) is 0 Å². The van der Waals surface area contributed by atoms with Gasteiger partial charge in [0.25, 0.3) is 0 Å². The summed E-state index contributed by atoms with van der Waals surface area (Å²) in [6.07, 6.45) is 3.60. The number of anilines is 1. The molecule has 2 aromatic heterocycles. The van der Waals surface area contributed by atoms with Gasteiger partial charge in [0.15, 0.2) is 0 Å². The highest BCUT2D eigenvalue weighted by Crippen LogP contribution is 2.42. The summed E-state index contributed by atoms with van der Waals surface area (Å²) in [6.45, 7) is 4.15. The van der Waals surface area contributed by atoms with E-state index >= 15 is 0 Å². The molecule has 1 N–H and O–H groups in total. The Bertz CT molecular complexity index is 1310. The number of benzene rings is 2. The molecule has 0 bridgehead atoms. The van der Waals surface area contributed by atoms with Crippen molar-refractivity contribution in [3.63, 3.8) is 0 Å². The molecule has 1 unspecified atom stereocenters. The van der Waals surface area contributed by atoms with Gasteiger partial charge < -0.3 is 19.2 Å². The van der Waals surface area contributed by atoms with Crippen LogP contribution in [0.5, 0.6) is 0 Å². The van der Waals surface area contributed by atoms with Gasteiger partial charge in [-0.3, -0.25) is 9.69 Å². The maximum atomic E-state index is 13.9. The number of carbonyl (C=O) groups excluding carboxylic acids is 2. The van der Waals surface area contributed by atoms with Crippen molar-refractivity contribution in [2.75, 3.05) is 11.4 Å². The van der Waals surface area contributed by atoms with E-state index in [9.17, 15) is 9.59 Å². The second kappa shape index (κ2) is 9.54. The van der Waals surface area contributed by atoms with Crippen LogP contribution < -0.4 is 10.2 Å². The summed E-state index contributed by atoms with van der Waals surface area (Å²) in [5.74, 6) is 0.479. The smallest absolute Gasteiger partial charge is 0.318 e. The zero-order valence-corrected chi connectivity index (χ0v) is 19.8. The van der Waals surface area contributed by atoms with Crippen LogP contribution in [0.15, 0.2) is 95.7 Å². The van der Waals surface area contributed by atoms with Crippen LogP contribution in [0.25, 0.3) is 5.69 Å². The number of urea groups is 1. The SMILES string of the molecule is CC(C)N(CC(=O)N1c2ccccc2-n2cccc2C1c1ccco1)C(=O)NCc1ccccc1. The Labute approximate surface area is 204 Å². The number of furan rings is 1. The molecule has 1 aliphatic heterocycles. The lowest BCUT2D eigenvalue weighted by Gasteiger charge is -2.38. The first-order valence-corrected chi connectivity index (χ1v) is 11.7. The number of aromatic nitrogens is 1. The van der Waals surface area contributed by atoms with Gasteiger partial charge in [-0.2, -0.15) is 0 Å². The van der Waals surface area contributed by atoms with Crippen molar-refractivity contribution < 1.29 is 14.0 Å². The topological polar surface area (TPSA) is 70.7 Å². The molecule has 0 radical (unpaired) electrons. The largest absolute Gasteiger partial charge is 0.467 e. The second-order valence-electron chi connectivity index (χ2n) is 8.84. The van der Waals surface area contributed by atoms with Crippen molar-refractivity contribution in [3.8, 4) is 5.69 Å². The van der Waals surface area contributed by atoms with E-state index in [1.165, 1.54) is 0 Å². The molecule has 5 rings (SSSR count). The first-order valence-electron chi connectivity index (χ1n) is 11.7. The summed E-state index contributed by atoms with van der Waals surface area (Å²) in [7, 11) is 0. The third-order valence-electron chi connectivity index (χ3n) is 6.28. The predicted molar refractivity (Wildman–Crippen MR) is 134 cm³/mol. The number of rotatable bonds is 6. The number of nitrogens with one attached hydrogen (secondary N) is 1. The summed E-state index contributed by atoms with van der Waals surface area (Å²) in [5, 5.41) is 2.95. The van der Waals surface area contributed by atoms with Gasteiger partial charge in [-0.05, 0) is 55.8 Å². The van der Waals surface area contributed by atoms with Gasteiger partial charge in [-0.1, -0.05) is 42.5 Å². The third-order valence-corrected chi connectivity index (χ3v) is 6.28. The van der Waals surface area contributed by atoms with Crippen molar-refractivity contribution >= 4 is 17.6 Å². The van der Waals surface area contributed by atoms with Gasteiger partial charge in [-0.25, -0.2) is 4.79 Å². The molecule has 1 atom stereocenters. The zero-order valence-electron chi connectivity index (χ0n) is 19.8. The highest BCUT2D eigenvalue weighted by Gasteiger charge is 2.38. The summed E-state index contributed by atoms with van der Waals surface area (Å²) >= 11 is 0. The van der Waals surface area contributed by atoms with Crippen LogP contribution in [0.1, 0.15) is 36.9 Å². The van der Waals surface area contributed by atoms with Gasteiger partial charge in [0.05, 0.1) is 23.3 Å². The average molecular weight is 469 g/mol. The lowest BCUT2D eigenvalue weighted by Crippen LogP contribution is -2.51. The average Bonchev–Trinajstić information content (AvgIpc) is 3.58.